The number of pyridine rings is 1. The second kappa shape index (κ2) is 8.30. The van der Waals surface area contributed by atoms with Crippen molar-refractivity contribution >= 4 is 15.7 Å². The maximum atomic E-state index is 11.4. The van der Waals surface area contributed by atoms with Crippen molar-refractivity contribution in [1.29, 1.82) is 0 Å². The number of nitrogens with zero attached hydrogens (tertiary/aromatic N) is 5. The minimum atomic E-state index is -3.30. The molecular formula is C20H24N6O2S. The van der Waals surface area contributed by atoms with Crippen molar-refractivity contribution in [3.8, 4) is 5.69 Å². The lowest BCUT2D eigenvalue weighted by atomic mass is 9.90. The summed E-state index contributed by atoms with van der Waals surface area (Å²) in [4.78, 5) is 6.58. The topological polar surface area (TPSA) is 93.0 Å². The van der Waals surface area contributed by atoms with Gasteiger partial charge in [-0.3, -0.25) is 14.6 Å². The molecule has 0 unspecified atom stereocenters. The van der Waals surface area contributed by atoms with Crippen LogP contribution in [0.15, 0.2) is 55.0 Å². The molecule has 1 aromatic carbocycles. The van der Waals surface area contributed by atoms with Crippen molar-refractivity contribution in [2.24, 2.45) is 0 Å². The fourth-order valence-electron chi connectivity index (χ4n) is 3.68. The van der Waals surface area contributed by atoms with Gasteiger partial charge >= 0.3 is 0 Å². The van der Waals surface area contributed by atoms with Gasteiger partial charge < -0.3 is 0 Å². The van der Waals surface area contributed by atoms with Crippen LogP contribution in [0.1, 0.15) is 30.0 Å². The zero-order valence-corrected chi connectivity index (χ0v) is 17.1. The van der Waals surface area contributed by atoms with Crippen LogP contribution in [-0.4, -0.2) is 52.6 Å². The highest BCUT2D eigenvalue weighted by Crippen LogP contribution is 2.29. The van der Waals surface area contributed by atoms with Gasteiger partial charge in [-0.05, 0) is 55.6 Å². The number of anilines is 1. The number of sulfonamides is 1. The van der Waals surface area contributed by atoms with Gasteiger partial charge in [0.1, 0.15) is 0 Å². The number of piperidine rings is 1. The lowest BCUT2D eigenvalue weighted by Crippen LogP contribution is -2.32. The molecule has 1 saturated heterocycles. The molecule has 29 heavy (non-hydrogen) atoms. The largest absolute Gasteiger partial charge is 0.297 e. The second-order valence-electron chi connectivity index (χ2n) is 7.42. The zero-order chi connectivity index (χ0) is 20.3. The second-order valence-corrected chi connectivity index (χ2v) is 9.17. The molecule has 0 saturated carbocycles. The highest BCUT2D eigenvalue weighted by molar-refractivity contribution is 7.92. The highest BCUT2D eigenvalue weighted by Gasteiger charge is 2.22. The summed E-state index contributed by atoms with van der Waals surface area (Å²) in [5.41, 5.74) is 3.55. The molecule has 1 aliphatic heterocycles. The Labute approximate surface area is 170 Å². The highest BCUT2D eigenvalue weighted by atomic mass is 32.2. The first kappa shape index (κ1) is 19.5. The van der Waals surface area contributed by atoms with E-state index < -0.39 is 10.0 Å². The SMILES string of the molecule is CS(=O)(=O)Nc1cncc(C2CCN(Cc3cn(-c4ccccc4)nn3)CC2)c1. The van der Waals surface area contributed by atoms with Crippen molar-refractivity contribution in [1.82, 2.24) is 24.9 Å². The summed E-state index contributed by atoms with van der Waals surface area (Å²) in [5.74, 6) is 0.375. The molecule has 3 heterocycles. The molecule has 0 bridgehead atoms. The predicted molar refractivity (Wildman–Crippen MR) is 111 cm³/mol. The van der Waals surface area contributed by atoms with Crippen molar-refractivity contribution in [3.63, 3.8) is 0 Å². The Morgan fingerprint density at radius 3 is 2.62 bits per heavy atom. The average Bonchev–Trinajstić information content (AvgIpc) is 3.17. The van der Waals surface area contributed by atoms with E-state index in [1.165, 1.54) is 6.20 Å². The van der Waals surface area contributed by atoms with Crippen molar-refractivity contribution in [2.75, 3.05) is 24.1 Å². The third-order valence-corrected chi connectivity index (χ3v) is 5.68. The molecule has 2 aromatic heterocycles. The molecule has 3 aromatic rings. The van der Waals surface area contributed by atoms with Gasteiger partial charge in [0.25, 0.3) is 0 Å². The molecular weight excluding hydrogens is 388 g/mol. The van der Waals surface area contributed by atoms with Crippen LogP contribution in [0.3, 0.4) is 0 Å². The Morgan fingerprint density at radius 2 is 1.90 bits per heavy atom. The van der Waals surface area contributed by atoms with Crippen LogP contribution in [0.4, 0.5) is 5.69 Å². The summed E-state index contributed by atoms with van der Waals surface area (Å²) in [6, 6.07) is 11.8. The molecule has 0 amide bonds. The molecule has 0 aliphatic carbocycles. The van der Waals surface area contributed by atoms with E-state index in [2.05, 4.69) is 24.9 Å². The first-order chi connectivity index (χ1) is 14.0. The smallest absolute Gasteiger partial charge is 0.229 e. The molecule has 0 spiro atoms. The third kappa shape index (κ3) is 5.18. The Kier molecular flexibility index (Phi) is 5.59. The van der Waals surface area contributed by atoms with Crippen LogP contribution < -0.4 is 4.72 Å². The summed E-state index contributed by atoms with van der Waals surface area (Å²) in [7, 11) is -3.30. The van der Waals surface area contributed by atoms with Crippen molar-refractivity contribution < 1.29 is 8.42 Å². The Balaban J connectivity index is 1.34. The molecule has 9 heteroatoms. The quantitative estimate of drug-likeness (QED) is 0.668. The molecule has 152 valence electrons. The Morgan fingerprint density at radius 1 is 1.14 bits per heavy atom. The van der Waals surface area contributed by atoms with E-state index in [9.17, 15) is 8.42 Å². The van der Waals surface area contributed by atoms with Crippen molar-refractivity contribution in [2.45, 2.75) is 25.3 Å². The summed E-state index contributed by atoms with van der Waals surface area (Å²) in [5, 5.41) is 8.53. The normalized spacial score (nSPS) is 16.0. The van der Waals surface area contributed by atoms with E-state index in [0.29, 0.717) is 11.6 Å². The number of rotatable bonds is 6. The van der Waals surface area contributed by atoms with E-state index >= 15 is 0 Å². The molecule has 1 fully saturated rings. The standard InChI is InChI=1S/C20H24N6O2S/c1-29(27,28)23-18-11-17(12-21-13-18)16-7-9-25(10-8-16)14-19-15-26(24-22-19)20-5-3-2-4-6-20/h2-6,11-13,15-16,23H,7-10,14H2,1H3. The third-order valence-electron chi connectivity index (χ3n) is 5.07. The maximum absolute atomic E-state index is 11.4. The van der Waals surface area contributed by atoms with Crippen LogP contribution in [-0.2, 0) is 16.6 Å². The van der Waals surface area contributed by atoms with Crippen LogP contribution in [0.2, 0.25) is 0 Å². The van der Waals surface area contributed by atoms with E-state index in [1.54, 1.807) is 4.68 Å². The number of hydrogen-bond donors (Lipinski definition) is 1. The van der Waals surface area contributed by atoms with Gasteiger partial charge in [-0.15, -0.1) is 5.10 Å². The monoisotopic (exact) mass is 412 g/mol. The zero-order valence-electron chi connectivity index (χ0n) is 16.3. The lowest BCUT2D eigenvalue weighted by Gasteiger charge is -2.31. The first-order valence-electron chi connectivity index (χ1n) is 9.58. The van der Waals surface area contributed by atoms with Gasteiger partial charge in [-0.25, -0.2) is 13.1 Å². The number of hydrogen-bond acceptors (Lipinski definition) is 6. The number of nitrogens with one attached hydrogen (secondary N) is 1. The van der Waals surface area contributed by atoms with Crippen molar-refractivity contribution in [3.05, 3.63) is 66.2 Å². The molecule has 4 rings (SSSR count). The van der Waals surface area contributed by atoms with Gasteiger partial charge in [-0.2, -0.15) is 0 Å². The van der Waals surface area contributed by atoms with Gasteiger partial charge in [0.05, 0.1) is 35.7 Å². The summed E-state index contributed by atoms with van der Waals surface area (Å²) < 4.78 is 27.2. The summed E-state index contributed by atoms with van der Waals surface area (Å²) in [6.45, 7) is 2.67. The fraction of sp³-hybridized carbons (Fsp3) is 0.350. The van der Waals surface area contributed by atoms with Crippen LogP contribution in [0.25, 0.3) is 5.69 Å². The number of aromatic nitrogens is 4. The van der Waals surface area contributed by atoms with Crippen LogP contribution in [0.5, 0.6) is 0 Å². The fourth-order valence-corrected chi connectivity index (χ4v) is 4.22. The first-order valence-corrected chi connectivity index (χ1v) is 11.5. The van der Waals surface area contributed by atoms with E-state index in [1.807, 2.05) is 48.8 Å². The number of para-hydroxylation sites is 1. The lowest BCUT2D eigenvalue weighted by molar-refractivity contribution is 0.202. The van der Waals surface area contributed by atoms with Gasteiger partial charge in [0, 0.05) is 12.7 Å². The Bertz CT molecular complexity index is 1060. The van der Waals surface area contributed by atoms with E-state index in [0.717, 1.165) is 55.7 Å². The van der Waals surface area contributed by atoms with Crippen LogP contribution >= 0.6 is 0 Å². The minimum absolute atomic E-state index is 0.375. The number of benzene rings is 1. The van der Waals surface area contributed by atoms with Crippen LogP contribution in [0, 0.1) is 0 Å². The minimum Gasteiger partial charge on any atom is -0.297 e. The average molecular weight is 413 g/mol. The molecule has 1 aliphatic rings. The van der Waals surface area contributed by atoms with Gasteiger partial charge in [0.2, 0.25) is 10.0 Å². The summed E-state index contributed by atoms with van der Waals surface area (Å²) in [6.07, 6.45) is 8.49. The molecule has 8 nitrogen and oxygen atoms in total. The molecule has 0 atom stereocenters. The molecule has 1 N–H and O–H groups in total. The molecule has 0 radical (unpaired) electrons. The van der Waals surface area contributed by atoms with E-state index in [-0.39, 0.29) is 0 Å². The Hall–Kier alpha value is -2.78. The predicted octanol–water partition coefficient (Wildman–Crippen LogP) is 2.41. The number of likely N-dealkylation sites (tertiary alicyclic amines) is 1. The van der Waals surface area contributed by atoms with E-state index in [4.69, 9.17) is 0 Å². The van der Waals surface area contributed by atoms with Gasteiger partial charge in [0.15, 0.2) is 0 Å². The summed E-state index contributed by atoms with van der Waals surface area (Å²) >= 11 is 0. The maximum Gasteiger partial charge on any atom is 0.229 e. The van der Waals surface area contributed by atoms with Gasteiger partial charge in [-0.1, -0.05) is 23.4 Å².